The van der Waals surface area contributed by atoms with Crippen molar-refractivity contribution >= 4 is 16.7 Å². The highest BCUT2D eigenvalue weighted by molar-refractivity contribution is 5.90. The van der Waals surface area contributed by atoms with Crippen molar-refractivity contribution < 1.29 is 5.11 Å². The quantitative estimate of drug-likeness (QED) is 0.846. The van der Waals surface area contributed by atoms with E-state index in [0.29, 0.717) is 0 Å². The van der Waals surface area contributed by atoms with E-state index >= 15 is 0 Å². The lowest BCUT2D eigenvalue weighted by molar-refractivity contribution is 0.271. The fraction of sp³-hybridized carbons (Fsp3) is 0.385. The molecule has 0 aliphatic carbocycles. The molecule has 1 aromatic heterocycles. The minimum Gasteiger partial charge on any atom is -0.394 e. The van der Waals surface area contributed by atoms with Crippen molar-refractivity contribution in [2.45, 2.75) is 26.3 Å². The van der Waals surface area contributed by atoms with Crippen LogP contribution in [0.1, 0.15) is 18.9 Å². The van der Waals surface area contributed by atoms with Gasteiger partial charge in [-0.25, -0.2) is 9.97 Å². The molecule has 0 fully saturated rings. The van der Waals surface area contributed by atoms with Gasteiger partial charge in [0.15, 0.2) is 0 Å². The van der Waals surface area contributed by atoms with Crippen molar-refractivity contribution in [1.29, 1.82) is 0 Å². The molecule has 4 heteroatoms. The molecule has 0 bridgehead atoms. The van der Waals surface area contributed by atoms with Crippen molar-refractivity contribution in [2.24, 2.45) is 0 Å². The van der Waals surface area contributed by atoms with E-state index in [4.69, 9.17) is 0 Å². The summed E-state index contributed by atoms with van der Waals surface area (Å²) in [5.41, 5.74) is 2.09. The van der Waals surface area contributed by atoms with E-state index in [2.05, 4.69) is 15.3 Å². The van der Waals surface area contributed by atoms with Gasteiger partial charge in [0.05, 0.1) is 18.2 Å². The summed E-state index contributed by atoms with van der Waals surface area (Å²) in [7, 11) is 0. The predicted octanol–water partition coefficient (Wildman–Crippen LogP) is 2.12. The number of aliphatic hydroxyl groups is 1. The third-order valence-electron chi connectivity index (χ3n) is 2.92. The Bertz CT molecular complexity index is 509. The molecule has 0 radical (unpaired) electrons. The third-order valence-corrected chi connectivity index (χ3v) is 2.92. The summed E-state index contributed by atoms with van der Waals surface area (Å²) < 4.78 is 0. The highest BCUT2D eigenvalue weighted by atomic mass is 16.3. The molecule has 1 heterocycles. The first-order valence-electron chi connectivity index (χ1n) is 5.84. The van der Waals surface area contributed by atoms with Crippen molar-refractivity contribution in [3.05, 3.63) is 30.1 Å². The van der Waals surface area contributed by atoms with Crippen molar-refractivity contribution in [2.75, 3.05) is 11.9 Å². The van der Waals surface area contributed by atoms with Crippen LogP contribution in [0, 0.1) is 6.92 Å². The monoisotopic (exact) mass is 231 g/mol. The van der Waals surface area contributed by atoms with E-state index < -0.39 is 0 Å². The zero-order valence-corrected chi connectivity index (χ0v) is 10.1. The van der Waals surface area contributed by atoms with Crippen LogP contribution in [-0.4, -0.2) is 27.7 Å². The van der Waals surface area contributed by atoms with Gasteiger partial charge in [-0.05, 0) is 25.0 Å². The van der Waals surface area contributed by atoms with Crippen LogP contribution >= 0.6 is 0 Å². The maximum absolute atomic E-state index is 9.21. The number of para-hydroxylation sites is 1. The summed E-state index contributed by atoms with van der Waals surface area (Å²) in [6.45, 7) is 4.17. The van der Waals surface area contributed by atoms with Crippen LogP contribution in [0.3, 0.4) is 0 Å². The Morgan fingerprint density at radius 3 is 2.88 bits per heavy atom. The summed E-state index contributed by atoms with van der Waals surface area (Å²) >= 11 is 0. The second-order valence-electron chi connectivity index (χ2n) is 4.13. The van der Waals surface area contributed by atoms with Gasteiger partial charge in [-0.3, -0.25) is 0 Å². The Hall–Kier alpha value is -1.68. The number of nitrogens with zero attached hydrogens (tertiary/aromatic N) is 2. The summed E-state index contributed by atoms with van der Waals surface area (Å²) in [6, 6.07) is 6.05. The second kappa shape index (κ2) is 5.10. The normalized spacial score (nSPS) is 12.6. The highest BCUT2D eigenvalue weighted by Gasteiger charge is 2.09. The third kappa shape index (κ3) is 2.36. The van der Waals surface area contributed by atoms with Crippen LogP contribution in [0.2, 0.25) is 0 Å². The number of aromatic nitrogens is 2. The molecule has 0 unspecified atom stereocenters. The first-order valence-corrected chi connectivity index (χ1v) is 5.84. The summed E-state index contributed by atoms with van der Waals surface area (Å²) in [4.78, 5) is 8.54. The van der Waals surface area contributed by atoms with E-state index in [9.17, 15) is 5.11 Å². The van der Waals surface area contributed by atoms with Crippen LogP contribution < -0.4 is 5.32 Å². The molecule has 4 nitrogen and oxygen atoms in total. The Kier molecular flexibility index (Phi) is 3.54. The molecular formula is C13H17N3O. The lowest BCUT2D eigenvalue weighted by Gasteiger charge is -2.16. The topological polar surface area (TPSA) is 58.0 Å². The molecular weight excluding hydrogens is 214 g/mol. The highest BCUT2D eigenvalue weighted by Crippen LogP contribution is 2.22. The molecule has 90 valence electrons. The minimum absolute atomic E-state index is 0.0358. The molecule has 0 saturated heterocycles. The van der Waals surface area contributed by atoms with Gasteiger partial charge in [-0.1, -0.05) is 19.1 Å². The zero-order valence-electron chi connectivity index (χ0n) is 10.1. The first-order chi connectivity index (χ1) is 8.26. The summed E-state index contributed by atoms with van der Waals surface area (Å²) in [5.74, 6) is 0.791. The standard InChI is InChI=1S/C13H17N3O/c1-3-10(7-17)16-13-11-6-4-5-9(2)12(11)14-8-15-13/h4-6,8,10,17H,3,7H2,1-2H3,(H,14,15,16)/t10-/m1/s1. The first kappa shape index (κ1) is 11.8. The van der Waals surface area contributed by atoms with Crippen LogP contribution in [-0.2, 0) is 0 Å². The van der Waals surface area contributed by atoms with E-state index in [0.717, 1.165) is 28.7 Å². The van der Waals surface area contributed by atoms with Gasteiger partial charge >= 0.3 is 0 Å². The van der Waals surface area contributed by atoms with Gasteiger partial charge in [0.2, 0.25) is 0 Å². The molecule has 1 atom stereocenters. The number of anilines is 1. The van der Waals surface area contributed by atoms with Crippen molar-refractivity contribution in [1.82, 2.24) is 9.97 Å². The zero-order chi connectivity index (χ0) is 12.3. The lowest BCUT2D eigenvalue weighted by Crippen LogP contribution is -2.23. The van der Waals surface area contributed by atoms with Gasteiger partial charge in [0.1, 0.15) is 12.1 Å². The van der Waals surface area contributed by atoms with E-state index in [1.807, 2.05) is 32.0 Å². The Morgan fingerprint density at radius 2 is 2.18 bits per heavy atom. The Morgan fingerprint density at radius 1 is 1.35 bits per heavy atom. The number of hydrogen-bond donors (Lipinski definition) is 2. The summed E-state index contributed by atoms with van der Waals surface area (Å²) in [6.07, 6.45) is 2.41. The van der Waals surface area contributed by atoms with Crippen LogP contribution in [0.25, 0.3) is 10.9 Å². The van der Waals surface area contributed by atoms with Gasteiger partial charge < -0.3 is 10.4 Å². The molecule has 0 spiro atoms. The van der Waals surface area contributed by atoms with Crippen LogP contribution in [0.15, 0.2) is 24.5 Å². The van der Waals surface area contributed by atoms with E-state index in [-0.39, 0.29) is 12.6 Å². The number of hydrogen-bond acceptors (Lipinski definition) is 4. The van der Waals surface area contributed by atoms with Gasteiger partial charge in [0, 0.05) is 5.39 Å². The number of fused-ring (bicyclic) bond motifs is 1. The molecule has 17 heavy (non-hydrogen) atoms. The largest absolute Gasteiger partial charge is 0.394 e. The van der Waals surface area contributed by atoms with Gasteiger partial charge in [-0.15, -0.1) is 0 Å². The van der Waals surface area contributed by atoms with Crippen molar-refractivity contribution in [3.8, 4) is 0 Å². The second-order valence-corrected chi connectivity index (χ2v) is 4.13. The SMILES string of the molecule is CC[C@H](CO)Nc1ncnc2c(C)cccc12. The van der Waals surface area contributed by atoms with Gasteiger partial charge in [0.25, 0.3) is 0 Å². The molecule has 1 aromatic carbocycles. The number of rotatable bonds is 4. The maximum atomic E-state index is 9.21. The fourth-order valence-corrected chi connectivity index (χ4v) is 1.82. The average Bonchev–Trinajstić information content (AvgIpc) is 2.37. The predicted molar refractivity (Wildman–Crippen MR) is 69.1 cm³/mol. The molecule has 2 rings (SSSR count). The smallest absolute Gasteiger partial charge is 0.137 e. The van der Waals surface area contributed by atoms with Crippen LogP contribution in [0.4, 0.5) is 5.82 Å². The molecule has 0 aliphatic rings. The molecule has 0 amide bonds. The maximum Gasteiger partial charge on any atom is 0.137 e. The number of aryl methyl sites for hydroxylation is 1. The number of nitrogens with one attached hydrogen (secondary N) is 1. The number of benzene rings is 1. The molecule has 2 N–H and O–H groups in total. The lowest BCUT2D eigenvalue weighted by atomic mass is 10.1. The minimum atomic E-state index is 0.0358. The number of aliphatic hydroxyl groups excluding tert-OH is 1. The van der Waals surface area contributed by atoms with E-state index in [1.54, 1.807) is 6.33 Å². The Labute approximate surface area is 101 Å². The van der Waals surface area contributed by atoms with Crippen LogP contribution in [0.5, 0.6) is 0 Å². The average molecular weight is 231 g/mol. The summed E-state index contributed by atoms with van der Waals surface area (Å²) in [5, 5.41) is 13.5. The molecule has 0 saturated carbocycles. The van der Waals surface area contributed by atoms with E-state index in [1.165, 1.54) is 0 Å². The molecule has 0 aliphatic heterocycles. The Balaban J connectivity index is 2.44. The molecule has 2 aromatic rings. The fourth-order valence-electron chi connectivity index (χ4n) is 1.82. The van der Waals surface area contributed by atoms with Crippen molar-refractivity contribution in [3.63, 3.8) is 0 Å². The van der Waals surface area contributed by atoms with Gasteiger partial charge in [-0.2, -0.15) is 0 Å².